The molecule has 98 valence electrons. The van der Waals surface area contributed by atoms with E-state index in [1.54, 1.807) is 0 Å². The monoisotopic (exact) mass is 260 g/mol. The lowest BCUT2D eigenvalue weighted by Gasteiger charge is -2.16. The lowest BCUT2D eigenvalue weighted by Crippen LogP contribution is -2.35. The molecule has 17 heavy (non-hydrogen) atoms. The van der Waals surface area contributed by atoms with E-state index < -0.39 is 10.0 Å². The van der Waals surface area contributed by atoms with E-state index >= 15 is 0 Å². The molecule has 3 N–H and O–H groups in total. The van der Waals surface area contributed by atoms with Crippen molar-refractivity contribution in [2.24, 2.45) is 11.7 Å². The van der Waals surface area contributed by atoms with E-state index in [4.69, 9.17) is 5.73 Å². The largest absolute Gasteiger partial charge is 0.329 e. The first-order valence-electron chi connectivity index (χ1n) is 5.61. The van der Waals surface area contributed by atoms with Gasteiger partial charge >= 0.3 is 0 Å². The van der Waals surface area contributed by atoms with Gasteiger partial charge in [-0.3, -0.25) is 4.68 Å². The summed E-state index contributed by atoms with van der Waals surface area (Å²) in [6.45, 7) is 6.70. The minimum atomic E-state index is -3.48. The van der Waals surface area contributed by atoms with Crippen LogP contribution in [0.2, 0.25) is 0 Å². The van der Waals surface area contributed by atoms with Crippen LogP contribution in [-0.2, 0) is 16.6 Å². The van der Waals surface area contributed by atoms with Crippen LogP contribution in [0.25, 0.3) is 0 Å². The molecule has 0 amide bonds. The Kier molecular flexibility index (Phi) is 4.67. The summed E-state index contributed by atoms with van der Waals surface area (Å²) in [6.07, 6.45) is 2.83. The third kappa shape index (κ3) is 3.79. The fourth-order valence-corrected chi connectivity index (χ4v) is 2.53. The van der Waals surface area contributed by atoms with E-state index in [1.807, 2.05) is 20.8 Å². The van der Waals surface area contributed by atoms with Crippen molar-refractivity contribution >= 4 is 10.0 Å². The number of hydrogen-bond acceptors (Lipinski definition) is 4. The van der Waals surface area contributed by atoms with Crippen LogP contribution in [0.3, 0.4) is 0 Å². The summed E-state index contributed by atoms with van der Waals surface area (Å²) < 4.78 is 28.1. The molecule has 0 aliphatic heterocycles. The number of nitrogens with one attached hydrogen (secondary N) is 1. The molecule has 0 radical (unpaired) electrons. The van der Waals surface area contributed by atoms with Crippen molar-refractivity contribution in [1.82, 2.24) is 14.5 Å². The molecule has 1 atom stereocenters. The van der Waals surface area contributed by atoms with Crippen molar-refractivity contribution in [2.75, 3.05) is 6.54 Å². The highest BCUT2D eigenvalue weighted by Gasteiger charge is 2.20. The van der Waals surface area contributed by atoms with Gasteiger partial charge in [-0.15, -0.1) is 0 Å². The first-order chi connectivity index (χ1) is 7.86. The van der Waals surface area contributed by atoms with Gasteiger partial charge in [0.15, 0.2) is 0 Å². The quantitative estimate of drug-likeness (QED) is 0.762. The second-order valence-electron chi connectivity index (χ2n) is 4.38. The molecule has 0 bridgehead atoms. The number of rotatable bonds is 6. The van der Waals surface area contributed by atoms with Gasteiger partial charge in [0.1, 0.15) is 4.90 Å². The van der Waals surface area contributed by atoms with Gasteiger partial charge in [0.05, 0.1) is 12.7 Å². The molecule has 0 aromatic carbocycles. The number of hydrogen-bond donors (Lipinski definition) is 2. The summed E-state index contributed by atoms with van der Waals surface area (Å²) in [5.74, 6) is 0.240. The van der Waals surface area contributed by atoms with Crippen molar-refractivity contribution < 1.29 is 8.42 Å². The Morgan fingerprint density at radius 2 is 2.12 bits per heavy atom. The van der Waals surface area contributed by atoms with Crippen LogP contribution >= 0.6 is 0 Å². The second kappa shape index (κ2) is 5.61. The zero-order valence-corrected chi connectivity index (χ0v) is 11.2. The highest BCUT2D eigenvalue weighted by molar-refractivity contribution is 7.89. The van der Waals surface area contributed by atoms with Crippen LogP contribution in [0.15, 0.2) is 17.3 Å². The third-order valence-corrected chi connectivity index (χ3v) is 4.13. The third-order valence-electron chi connectivity index (χ3n) is 2.62. The molecule has 1 unspecified atom stereocenters. The van der Waals surface area contributed by atoms with Crippen LogP contribution in [0.5, 0.6) is 0 Å². The summed E-state index contributed by atoms with van der Waals surface area (Å²) in [5.41, 5.74) is 5.37. The lowest BCUT2D eigenvalue weighted by atomic mass is 10.1. The van der Waals surface area contributed by atoms with E-state index in [1.165, 1.54) is 17.1 Å². The van der Waals surface area contributed by atoms with E-state index in [0.29, 0.717) is 13.1 Å². The Hall–Kier alpha value is -0.920. The molecule has 0 saturated carbocycles. The molecule has 0 aliphatic rings. The second-order valence-corrected chi connectivity index (χ2v) is 6.10. The number of sulfonamides is 1. The molecule has 7 heteroatoms. The summed E-state index contributed by atoms with van der Waals surface area (Å²) in [4.78, 5) is 0.179. The lowest BCUT2D eigenvalue weighted by molar-refractivity contribution is 0.476. The Morgan fingerprint density at radius 1 is 1.47 bits per heavy atom. The van der Waals surface area contributed by atoms with Crippen LogP contribution in [-0.4, -0.2) is 30.8 Å². The molecule has 6 nitrogen and oxygen atoms in total. The Morgan fingerprint density at radius 3 is 2.65 bits per heavy atom. The summed E-state index contributed by atoms with van der Waals surface area (Å²) >= 11 is 0. The molecule has 1 aromatic rings. The van der Waals surface area contributed by atoms with Crippen molar-refractivity contribution in [2.45, 2.75) is 38.3 Å². The molecular weight excluding hydrogens is 240 g/mol. The fourth-order valence-electron chi connectivity index (χ4n) is 1.19. The van der Waals surface area contributed by atoms with Crippen LogP contribution in [0.1, 0.15) is 20.8 Å². The highest BCUT2D eigenvalue weighted by Crippen LogP contribution is 2.10. The van der Waals surface area contributed by atoms with Gasteiger partial charge < -0.3 is 5.73 Å². The molecule has 1 aromatic heterocycles. The van der Waals surface area contributed by atoms with E-state index in [2.05, 4.69) is 9.82 Å². The first-order valence-corrected chi connectivity index (χ1v) is 7.10. The van der Waals surface area contributed by atoms with E-state index in [-0.39, 0.29) is 16.9 Å². The predicted octanol–water partition coefficient (Wildman–Crippen LogP) is 0.165. The molecule has 0 fully saturated rings. The van der Waals surface area contributed by atoms with E-state index in [0.717, 1.165) is 0 Å². The maximum Gasteiger partial charge on any atom is 0.243 e. The van der Waals surface area contributed by atoms with Crippen LogP contribution in [0.4, 0.5) is 0 Å². The molecule has 0 saturated heterocycles. The Labute approximate surface area is 102 Å². The predicted molar refractivity (Wildman–Crippen MR) is 65.9 cm³/mol. The number of nitrogens with zero attached hydrogens (tertiary/aromatic N) is 2. The fraction of sp³-hybridized carbons (Fsp3) is 0.700. The highest BCUT2D eigenvalue weighted by atomic mass is 32.2. The average molecular weight is 260 g/mol. The molecule has 0 aliphatic carbocycles. The summed E-state index contributed by atoms with van der Waals surface area (Å²) in [6, 6.07) is -0.113. The smallest absolute Gasteiger partial charge is 0.243 e. The van der Waals surface area contributed by atoms with Crippen LogP contribution < -0.4 is 10.5 Å². The van der Waals surface area contributed by atoms with Gasteiger partial charge in [-0.1, -0.05) is 13.8 Å². The van der Waals surface area contributed by atoms with Gasteiger partial charge in [0, 0.05) is 18.8 Å². The van der Waals surface area contributed by atoms with Gasteiger partial charge in [-0.05, 0) is 12.8 Å². The Balaban J connectivity index is 2.82. The first kappa shape index (κ1) is 14.1. The van der Waals surface area contributed by atoms with Crippen LogP contribution in [0, 0.1) is 5.92 Å². The van der Waals surface area contributed by atoms with Crippen molar-refractivity contribution in [3.05, 3.63) is 12.4 Å². The molecule has 1 rings (SSSR count). The SMILES string of the molecule is CC(C)C(C)NS(=O)(=O)c1cnn(CCN)c1. The zero-order valence-electron chi connectivity index (χ0n) is 10.4. The number of nitrogens with two attached hydrogens (primary N) is 1. The van der Waals surface area contributed by atoms with Gasteiger partial charge in [-0.25, -0.2) is 13.1 Å². The summed E-state index contributed by atoms with van der Waals surface area (Å²) in [5, 5.41) is 3.94. The maximum atomic E-state index is 12.0. The molecule has 0 spiro atoms. The standard InChI is InChI=1S/C10H20N4O2S/c1-8(2)9(3)13-17(15,16)10-6-12-14(7-10)5-4-11/h6-9,13H,4-5,11H2,1-3H3. The zero-order chi connectivity index (χ0) is 13.1. The van der Waals surface area contributed by atoms with Crippen molar-refractivity contribution in [3.63, 3.8) is 0 Å². The van der Waals surface area contributed by atoms with Gasteiger partial charge in [0.2, 0.25) is 10.0 Å². The summed E-state index contributed by atoms with van der Waals surface area (Å²) in [7, 11) is -3.48. The molecule has 1 heterocycles. The topological polar surface area (TPSA) is 90.0 Å². The van der Waals surface area contributed by atoms with Crippen molar-refractivity contribution in [3.8, 4) is 0 Å². The Bertz CT molecular complexity index is 453. The number of aromatic nitrogens is 2. The minimum absolute atomic E-state index is 0.113. The van der Waals surface area contributed by atoms with E-state index in [9.17, 15) is 8.42 Å². The maximum absolute atomic E-state index is 12.0. The van der Waals surface area contributed by atoms with Gasteiger partial charge in [0.25, 0.3) is 0 Å². The normalized spacial score (nSPS) is 14.2. The minimum Gasteiger partial charge on any atom is -0.329 e. The van der Waals surface area contributed by atoms with Crippen molar-refractivity contribution in [1.29, 1.82) is 0 Å². The molecular formula is C10H20N4O2S. The average Bonchev–Trinajstić information content (AvgIpc) is 2.66. The van der Waals surface area contributed by atoms with Gasteiger partial charge in [-0.2, -0.15) is 5.10 Å².